The van der Waals surface area contributed by atoms with E-state index in [1.54, 1.807) is 11.3 Å². The van der Waals surface area contributed by atoms with Crippen molar-refractivity contribution >= 4 is 27.4 Å². The third-order valence-corrected chi connectivity index (χ3v) is 5.39. The fourth-order valence-corrected chi connectivity index (χ4v) is 4.46. The normalized spacial score (nSPS) is 25.6. The average Bonchev–Trinajstić information content (AvgIpc) is 3.13. The molecule has 0 spiro atoms. The molecule has 1 N–H and O–H groups in total. The predicted octanol–water partition coefficient (Wildman–Crippen LogP) is 3.11. The van der Waals surface area contributed by atoms with E-state index in [1.165, 1.54) is 25.8 Å². The zero-order valence-electron chi connectivity index (χ0n) is 11.8. The predicted molar refractivity (Wildman–Crippen MR) is 83.1 cm³/mol. The maximum absolute atomic E-state index is 4.75. The van der Waals surface area contributed by atoms with Crippen LogP contribution in [0.25, 0.3) is 10.2 Å². The van der Waals surface area contributed by atoms with Crippen molar-refractivity contribution in [2.45, 2.75) is 38.8 Å². The number of aromatic nitrogens is 2. The van der Waals surface area contributed by atoms with Crippen LogP contribution in [0.3, 0.4) is 0 Å². The summed E-state index contributed by atoms with van der Waals surface area (Å²) in [5.41, 5.74) is 0. The molecule has 2 aromatic heterocycles. The first-order chi connectivity index (χ1) is 9.83. The van der Waals surface area contributed by atoms with Crippen molar-refractivity contribution in [3.63, 3.8) is 0 Å². The number of nitrogens with zero attached hydrogens (tertiary/aromatic N) is 3. The van der Waals surface area contributed by atoms with E-state index in [0.29, 0.717) is 0 Å². The lowest BCUT2D eigenvalue weighted by atomic mass is 10.1. The van der Waals surface area contributed by atoms with Crippen molar-refractivity contribution in [2.24, 2.45) is 5.92 Å². The Morgan fingerprint density at radius 2 is 2.35 bits per heavy atom. The molecule has 2 fully saturated rings. The molecule has 4 rings (SSSR count). The highest BCUT2D eigenvalue weighted by Crippen LogP contribution is 2.38. The molecule has 2 unspecified atom stereocenters. The number of anilines is 1. The van der Waals surface area contributed by atoms with Gasteiger partial charge in [0, 0.05) is 19.1 Å². The summed E-state index contributed by atoms with van der Waals surface area (Å²) in [5, 5.41) is 6.63. The van der Waals surface area contributed by atoms with Gasteiger partial charge >= 0.3 is 0 Å². The molecule has 1 saturated heterocycles. The Labute approximate surface area is 123 Å². The molecule has 1 saturated carbocycles. The zero-order valence-corrected chi connectivity index (χ0v) is 12.6. The first kappa shape index (κ1) is 12.5. The number of hydrogen-bond donors (Lipinski definition) is 1. The van der Waals surface area contributed by atoms with Crippen molar-refractivity contribution in [2.75, 3.05) is 18.4 Å². The van der Waals surface area contributed by atoms with Crippen molar-refractivity contribution in [1.29, 1.82) is 0 Å². The summed E-state index contributed by atoms with van der Waals surface area (Å²) in [6.45, 7) is 5.16. The number of nitrogens with one attached hydrogen (secondary N) is 1. The molecule has 1 aliphatic carbocycles. The Bertz CT molecular complexity index is 623. The zero-order chi connectivity index (χ0) is 13.5. The average molecular weight is 288 g/mol. The molecule has 4 nitrogen and oxygen atoms in total. The Morgan fingerprint density at radius 3 is 3.10 bits per heavy atom. The molecule has 0 radical (unpaired) electrons. The Morgan fingerprint density at radius 1 is 1.40 bits per heavy atom. The van der Waals surface area contributed by atoms with Crippen LogP contribution in [0.15, 0.2) is 11.4 Å². The van der Waals surface area contributed by atoms with Crippen LogP contribution in [0.1, 0.15) is 32.0 Å². The summed E-state index contributed by atoms with van der Waals surface area (Å²) in [7, 11) is 0. The van der Waals surface area contributed by atoms with E-state index in [-0.39, 0.29) is 0 Å². The molecule has 5 heteroatoms. The molecule has 0 amide bonds. The van der Waals surface area contributed by atoms with E-state index in [9.17, 15) is 0 Å². The molecule has 20 heavy (non-hydrogen) atoms. The fraction of sp³-hybridized carbons (Fsp3) is 0.600. The summed E-state index contributed by atoms with van der Waals surface area (Å²) >= 11 is 1.71. The van der Waals surface area contributed by atoms with Crippen LogP contribution >= 0.6 is 11.3 Å². The summed E-state index contributed by atoms with van der Waals surface area (Å²) in [4.78, 5) is 13.2. The second-order valence-electron chi connectivity index (χ2n) is 5.92. The summed E-state index contributed by atoms with van der Waals surface area (Å²) in [6, 6.07) is 2.89. The van der Waals surface area contributed by atoms with E-state index in [0.717, 1.165) is 46.9 Å². The largest absolute Gasteiger partial charge is 0.370 e. The van der Waals surface area contributed by atoms with Gasteiger partial charge in [-0.1, -0.05) is 0 Å². The number of piperidine rings is 1. The minimum Gasteiger partial charge on any atom is -0.370 e. The number of thiophene rings is 1. The van der Waals surface area contributed by atoms with Crippen LogP contribution in [-0.2, 0) is 6.54 Å². The molecule has 106 valence electrons. The Kier molecular flexibility index (Phi) is 3.11. The molecule has 0 aromatic carbocycles. The van der Waals surface area contributed by atoms with Crippen molar-refractivity contribution in [3.05, 3.63) is 17.3 Å². The van der Waals surface area contributed by atoms with Gasteiger partial charge in [0.05, 0.1) is 11.9 Å². The van der Waals surface area contributed by atoms with Gasteiger partial charge in [0.15, 0.2) is 0 Å². The Hall–Kier alpha value is -1.20. The number of hydrogen-bond acceptors (Lipinski definition) is 5. The standard InChI is InChI=1S/C15H20N4S/c1-2-16-14-12-5-6-20-15(12)18-13(17-14)9-19-8-10-3-4-11(19)7-10/h5-6,10-11H,2-4,7-9H2,1H3,(H,16,17,18). The highest BCUT2D eigenvalue weighted by Gasteiger charge is 2.37. The number of rotatable bonds is 4. The number of fused-ring (bicyclic) bond motifs is 3. The van der Waals surface area contributed by atoms with Gasteiger partial charge in [-0.3, -0.25) is 4.90 Å². The first-order valence-corrected chi connectivity index (χ1v) is 8.43. The molecular weight excluding hydrogens is 268 g/mol. The van der Waals surface area contributed by atoms with Gasteiger partial charge in [-0.05, 0) is 43.6 Å². The van der Waals surface area contributed by atoms with Crippen LogP contribution in [-0.4, -0.2) is 34.0 Å². The summed E-state index contributed by atoms with van der Waals surface area (Å²) in [6.07, 6.45) is 4.18. The van der Waals surface area contributed by atoms with Crippen LogP contribution in [0.4, 0.5) is 5.82 Å². The molecule has 2 atom stereocenters. The number of likely N-dealkylation sites (tertiary alicyclic amines) is 1. The van der Waals surface area contributed by atoms with Crippen molar-refractivity contribution < 1.29 is 0 Å². The lowest BCUT2D eigenvalue weighted by molar-refractivity contribution is 0.201. The van der Waals surface area contributed by atoms with E-state index >= 15 is 0 Å². The minimum absolute atomic E-state index is 0.783. The maximum atomic E-state index is 4.75. The molecule has 1 aliphatic heterocycles. The van der Waals surface area contributed by atoms with E-state index in [4.69, 9.17) is 9.97 Å². The maximum Gasteiger partial charge on any atom is 0.146 e. The van der Waals surface area contributed by atoms with Gasteiger partial charge < -0.3 is 5.32 Å². The Balaban J connectivity index is 1.62. The van der Waals surface area contributed by atoms with Crippen LogP contribution in [0, 0.1) is 5.92 Å². The van der Waals surface area contributed by atoms with Gasteiger partial charge in [0.2, 0.25) is 0 Å². The van der Waals surface area contributed by atoms with Gasteiger partial charge in [0.25, 0.3) is 0 Å². The lowest BCUT2D eigenvalue weighted by Crippen LogP contribution is -2.32. The third kappa shape index (κ3) is 2.09. The molecule has 2 bridgehead atoms. The lowest BCUT2D eigenvalue weighted by Gasteiger charge is -2.25. The monoisotopic (exact) mass is 288 g/mol. The van der Waals surface area contributed by atoms with Crippen LogP contribution in [0.5, 0.6) is 0 Å². The second-order valence-corrected chi connectivity index (χ2v) is 6.82. The quantitative estimate of drug-likeness (QED) is 0.938. The van der Waals surface area contributed by atoms with Crippen LogP contribution < -0.4 is 5.32 Å². The highest BCUT2D eigenvalue weighted by molar-refractivity contribution is 7.16. The van der Waals surface area contributed by atoms with Gasteiger partial charge in [-0.25, -0.2) is 9.97 Å². The molecule has 2 aliphatic rings. The SMILES string of the molecule is CCNc1nc(CN2CC3CCC2C3)nc2sccc12. The van der Waals surface area contributed by atoms with E-state index in [1.807, 2.05) is 0 Å². The van der Waals surface area contributed by atoms with E-state index in [2.05, 4.69) is 28.6 Å². The topological polar surface area (TPSA) is 41.1 Å². The summed E-state index contributed by atoms with van der Waals surface area (Å²) < 4.78 is 0. The van der Waals surface area contributed by atoms with Crippen LogP contribution in [0.2, 0.25) is 0 Å². The van der Waals surface area contributed by atoms with E-state index < -0.39 is 0 Å². The van der Waals surface area contributed by atoms with Gasteiger partial charge in [0.1, 0.15) is 16.5 Å². The molecule has 2 aromatic rings. The fourth-order valence-electron chi connectivity index (χ4n) is 3.67. The minimum atomic E-state index is 0.783. The molecular formula is C15H20N4S. The summed E-state index contributed by atoms with van der Waals surface area (Å²) in [5.74, 6) is 2.90. The second kappa shape index (κ2) is 4.97. The smallest absolute Gasteiger partial charge is 0.146 e. The third-order valence-electron chi connectivity index (χ3n) is 4.58. The van der Waals surface area contributed by atoms with Crippen molar-refractivity contribution in [3.8, 4) is 0 Å². The highest BCUT2D eigenvalue weighted by atomic mass is 32.1. The van der Waals surface area contributed by atoms with Gasteiger partial charge in [-0.2, -0.15) is 0 Å². The van der Waals surface area contributed by atoms with Crippen molar-refractivity contribution in [1.82, 2.24) is 14.9 Å². The molecule has 3 heterocycles. The van der Waals surface area contributed by atoms with Gasteiger partial charge in [-0.15, -0.1) is 11.3 Å². The first-order valence-electron chi connectivity index (χ1n) is 7.55.